The zero-order valence-electron chi connectivity index (χ0n) is 18.1. The molecule has 0 bridgehead atoms. The average molecular weight is 382 g/mol. The van der Waals surface area contributed by atoms with Gasteiger partial charge in [-0.25, -0.2) is 0 Å². The molecule has 150 valence electrons. The van der Waals surface area contributed by atoms with Gasteiger partial charge in [-0.2, -0.15) is 5.26 Å². The number of benzene rings is 2. The molecule has 0 heterocycles. The fraction of sp³-hybridized carbons (Fsp3) is 0.458. The standard InChI is InChI=1S/C24H31NO3/c1-23(2,3)18-9-11-21(20(14-18)24(4,5)6)27-12-13-28-22-15-19(26-7)10-8-17(22)16-25/h8-11,14-15H,12-13H2,1-7H3. The fourth-order valence-electron chi connectivity index (χ4n) is 2.85. The summed E-state index contributed by atoms with van der Waals surface area (Å²) >= 11 is 0. The number of nitriles is 1. The van der Waals surface area contributed by atoms with Crippen molar-refractivity contribution in [2.75, 3.05) is 20.3 Å². The summed E-state index contributed by atoms with van der Waals surface area (Å²) in [5.41, 5.74) is 3.00. The van der Waals surface area contributed by atoms with Gasteiger partial charge in [0.2, 0.25) is 0 Å². The third-order valence-electron chi connectivity index (χ3n) is 4.56. The average Bonchev–Trinajstić information content (AvgIpc) is 2.63. The van der Waals surface area contributed by atoms with E-state index in [9.17, 15) is 5.26 Å². The van der Waals surface area contributed by atoms with E-state index in [0.717, 1.165) is 5.75 Å². The Balaban J connectivity index is 2.10. The van der Waals surface area contributed by atoms with E-state index >= 15 is 0 Å². The van der Waals surface area contributed by atoms with Crippen LogP contribution in [0.25, 0.3) is 0 Å². The molecule has 0 fully saturated rings. The van der Waals surface area contributed by atoms with Gasteiger partial charge in [0.15, 0.2) is 0 Å². The van der Waals surface area contributed by atoms with Crippen molar-refractivity contribution in [3.8, 4) is 23.3 Å². The van der Waals surface area contributed by atoms with E-state index in [1.165, 1.54) is 11.1 Å². The van der Waals surface area contributed by atoms with Crippen LogP contribution in [0.4, 0.5) is 0 Å². The summed E-state index contributed by atoms with van der Waals surface area (Å²) in [6, 6.07) is 13.7. The molecule has 0 spiro atoms. The molecule has 2 rings (SSSR count). The molecule has 0 unspecified atom stereocenters. The third kappa shape index (κ3) is 5.42. The molecule has 2 aromatic carbocycles. The number of nitrogens with zero attached hydrogens (tertiary/aromatic N) is 1. The van der Waals surface area contributed by atoms with E-state index in [0.29, 0.717) is 30.3 Å². The maximum atomic E-state index is 9.23. The monoisotopic (exact) mass is 381 g/mol. The van der Waals surface area contributed by atoms with Crippen LogP contribution in [0.5, 0.6) is 17.2 Å². The van der Waals surface area contributed by atoms with Gasteiger partial charge in [0.25, 0.3) is 0 Å². The van der Waals surface area contributed by atoms with E-state index in [1.54, 1.807) is 25.3 Å². The second-order valence-corrected chi connectivity index (χ2v) is 8.88. The Morgan fingerprint density at radius 1 is 0.821 bits per heavy atom. The smallest absolute Gasteiger partial charge is 0.140 e. The molecular weight excluding hydrogens is 350 g/mol. The molecule has 0 N–H and O–H groups in total. The van der Waals surface area contributed by atoms with Gasteiger partial charge in [-0.3, -0.25) is 0 Å². The highest BCUT2D eigenvalue weighted by atomic mass is 16.5. The fourth-order valence-corrected chi connectivity index (χ4v) is 2.85. The summed E-state index contributed by atoms with van der Waals surface area (Å²) in [6.45, 7) is 13.9. The summed E-state index contributed by atoms with van der Waals surface area (Å²) in [5.74, 6) is 2.03. The van der Waals surface area contributed by atoms with Gasteiger partial charge in [0, 0.05) is 6.07 Å². The van der Waals surface area contributed by atoms with E-state index in [4.69, 9.17) is 14.2 Å². The molecule has 0 saturated heterocycles. The molecular formula is C24H31NO3. The largest absolute Gasteiger partial charge is 0.497 e. The van der Waals surface area contributed by atoms with Crippen LogP contribution in [0.1, 0.15) is 58.2 Å². The van der Waals surface area contributed by atoms with Crippen molar-refractivity contribution in [1.82, 2.24) is 0 Å². The summed E-state index contributed by atoms with van der Waals surface area (Å²) < 4.78 is 17.0. The summed E-state index contributed by atoms with van der Waals surface area (Å²) in [6.07, 6.45) is 0. The first-order valence-electron chi connectivity index (χ1n) is 9.55. The number of methoxy groups -OCH3 is 1. The molecule has 0 aromatic heterocycles. The Hall–Kier alpha value is -2.67. The van der Waals surface area contributed by atoms with E-state index in [2.05, 4.69) is 59.7 Å². The molecule has 0 atom stereocenters. The summed E-state index contributed by atoms with van der Waals surface area (Å²) in [7, 11) is 1.59. The lowest BCUT2D eigenvalue weighted by molar-refractivity contribution is 0.213. The SMILES string of the molecule is COc1ccc(C#N)c(OCCOc2ccc(C(C)(C)C)cc2C(C)(C)C)c1. The highest BCUT2D eigenvalue weighted by molar-refractivity contribution is 5.47. The minimum atomic E-state index is -0.0295. The number of ether oxygens (including phenoxy) is 3. The normalized spacial score (nSPS) is 11.6. The molecule has 4 heteroatoms. The van der Waals surface area contributed by atoms with Crippen molar-refractivity contribution in [2.45, 2.75) is 52.4 Å². The summed E-state index contributed by atoms with van der Waals surface area (Å²) in [4.78, 5) is 0. The van der Waals surface area contributed by atoms with Crippen LogP contribution in [0.15, 0.2) is 36.4 Å². The predicted octanol–water partition coefficient (Wildman–Crippen LogP) is 5.62. The van der Waals surface area contributed by atoms with Crippen LogP contribution < -0.4 is 14.2 Å². The Morgan fingerprint density at radius 3 is 2.00 bits per heavy atom. The Morgan fingerprint density at radius 2 is 1.46 bits per heavy atom. The molecule has 0 radical (unpaired) electrons. The topological polar surface area (TPSA) is 51.5 Å². The van der Waals surface area contributed by atoms with Gasteiger partial charge in [-0.1, -0.05) is 53.7 Å². The third-order valence-corrected chi connectivity index (χ3v) is 4.56. The van der Waals surface area contributed by atoms with E-state index < -0.39 is 0 Å². The lowest BCUT2D eigenvalue weighted by atomic mass is 9.80. The van der Waals surface area contributed by atoms with Crippen molar-refractivity contribution in [3.63, 3.8) is 0 Å². The zero-order valence-corrected chi connectivity index (χ0v) is 18.1. The minimum absolute atomic E-state index is 0.0295. The minimum Gasteiger partial charge on any atom is -0.497 e. The second kappa shape index (κ2) is 8.56. The molecule has 2 aromatic rings. The first kappa shape index (κ1) is 21.6. The van der Waals surface area contributed by atoms with Crippen molar-refractivity contribution >= 4 is 0 Å². The second-order valence-electron chi connectivity index (χ2n) is 8.88. The maximum Gasteiger partial charge on any atom is 0.140 e. The molecule has 0 aliphatic carbocycles. The van der Waals surface area contributed by atoms with E-state index in [1.807, 2.05) is 6.07 Å². The number of hydrogen-bond acceptors (Lipinski definition) is 4. The van der Waals surface area contributed by atoms with Crippen LogP contribution in [0.2, 0.25) is 0 Å². The lowest BCUT2D eigenvalue weighted by Crippen LogP contribution is -2.19. The maximum absolute atomic E-state index is 9.23. The van der Waals surface area contributed by atoms with Crippen molar-refractivity contribution in [2.24, 2.45) is 0 Å². The molecule has 0 aliphatic heterocycles. The molecule has 4 nitrogen and oxygen atoms in total. The number of hydrogen-bond donors (Lipinski definition) is 0. The van der Waals surface area contributed by atoms with Crippen molar-refractivity contribution in [3.05, 3.63) is 53.1 Å². The highest BCUT2D eigenvalue weighted by Crippen LogP contribution is 2.35. The van der Waals surface area contributed by atoms with Crippen LogP contribution in [-0.4, -0.2) is 20.3 Å². The van der Waals surface area contributed by atoms with Gasteiger partial charge in [-0.15, -0.1) is 0 Å². The van der Waals surface area contributed by atoms with Gasteiger partial charge >= 0.3 is 0 Å². The zero-order chi connectivity index (χ0) is 20.9. The van der Waals surface area contributed by atoms with Crippen LogP contribution >= 0.6 is 0 Å². The highest BCUT2D eigenvalue weighted by Gasteiger charge is 2.23. The molecule has 28 heavy (non-hydrogen) atoms. The van der Waals surface area contributed by atoms with Crippen LogP contribution in [0.3, 0.4) is 0 Å². The van der Waals surface area contributed by atoms with Gasteiger partial charge < -0.3 is 14.2 Å². The van der Waals surface area contributed by atoms with Gasteiger partial charge in [0.1, 0.15) is 36.5 Å². The Labute approximate surface area is 169 Å². The van der Waals surface area contributed by atoms with Crippen LogP contribution in [0, 0.1) is 11.3 Å². The lowest BCUT2D eigenvalue weighted by Gasteiger charge is -2.27. The first-order valence-corrected chi connectivity index (χ1v) is 9.55. The molecule has 0 saturated carbocycles. The summed E-state index contributed by atoms with van der Waals surface area (Å²) in [5, 5.41) is 9.23. The van der Waals surface area contributed by atoms with Crippen molar-refractivity contribution in [1.29, 1.82) is 5.26 Å². The quantitative estimate of drug-likeness (QED) is 0.609. The van der Waals surface area contributed by atoms with Crippen molar-refractivity contribution < 1.29 is 14.2 Å². The molecule has 0 aliphatic rings. The predicted molar refractivity (Wildman–Crippen MR) is 113 cm³/mol. The Kier molecular flexibility index (Phi) is 6.61. The first-order chi connectivity index (χ1) is 13.1. The molecule has 0 amide bonds. The van der Waals surface area contributed by atoms with Gasteiger partial charge in [0.05, 0.1) is 12.7 Å². The van der Waals surface area contributed by atoms with Gasteiger partial charge in [-0.05, 0) is 40.2 Å². The van der Waals surface area contributed by atoms with E-state index in [-0.39, 0.29) is 10.8 Å². The number of rotatable bonds is 6. The van der Waals surface area contributed by atoms with Crippen LogP contribution in [-0.2, 0) is 10.8 Å². The Bertz CT molecular complexity index is 852.